The number of aliphatic carboxylic acids is 1. The predicted octanol–water partition coefficient (Wildman–Crippen LogP) is 1.78. The zero-order valence-electron chi connectivity index (χ0n) is 12.7. The molecule has 0 unspecified atom stereocenters. The highest BCUT2D eigenvalue weighted by atomic mass is 35.5. The van der Waals surface area contributed by atoms with Gasteiger partial charge in [0, 0.05) is 17.9 Å². The number of fused-ring (bicyclic) bond motifs is 1. The van der Waals surface area contributed by atoms with Gasteiger partial charge in [-0.05, 0) is 30.7 Å². The Morgan fingerprint density at radius 1 is 1.43 bits per heavy atom. The molecular weight excluding hydrogens is 322 g/mol. The summed E-state index contributed by atoms with van der Waals surface area (Å²) in [5.74, 6) is -0.434. The number of carboxylic acid groups (broad SMARTS) is 1. The number of nitrogens with one attached hydrogen (secondary N) is 1. The smallest absolute Gasteiger partial charge is 0.312 e. The Morgan fingerprint density at radius 3 is 2.78 bits per heavy atom. The average Bonchev–Trinajstić information content (AvgIpc) is 3.02. The fourth-order valence-electron chi connectivity index (χ4n) is 3.22. The molecule has 0 atom stereocenters. The van der Waals surface area contributed by atoms with Crippen molar-refractivity contribution in [2.45, 2.75) is 25.4 Å². The molecule has 2 saturated heterocycles. The van der Waals surface area contributed by atoms with Crippen molar-refractivity contribution in [2.24, 2.45) is 5.41 Å². The largest absolute Gasteiger partial charge is 0.491 e. The van der Waals surface area contributed by atoms with Crippen LogP contribution >= 0.6 is 11.6 Å². The zero-order chi connectivity index (χ0) is 16.7. The highest BCUT2D eigenvalue weighted by molar-refractivity contribution is 6.30. The Kier molecular flexibility index (Phi) is 3.98. The Bertz CT molecular complexity index is 654. The van der Waals surface area contributed by atoms with E-state index in [1.54, 1.807) is 18.2 Å². The quantitative estimate of drug-likeness (QED) is 0.772. The monoisotopic (exact) mass is 339 g/mol. The van der Waals surface area contributed by atoms with Crippen molar-refractivity contribution in [1.82, 2.24) is 5.32 Å². The van der Waals surface area contributed by atoms with Crippen LogP contribution in [-0.2, 0) is 14.3 Å². The van der Waals surface area contributed by atoms with Crippen LogP contribution in [0.15, 0.2) is 18.2 Å². The van der Waals surface area contributed by atoms with E-state index in [9.17, 15) is 9.59 Å². The minimum absolute atomic E-state index is 0.107. The minimum atomic E-state index is -0.964. The molecule has 3 aliphatic rings. The van der Waals surface area contributed by atoms with Gasteiger partial charge in [0.1, 0.15) is 18.0 Å². The number of aryl methyl sites for hydroxylation is 1. The van der Waals surface area contributed by atoms with Gasteiger partial charge >= 0.3 is 5.97 Å². The van der Waals surface area contributed by atoms with Crippen molar-refractivity contribution in [3.63, 3.8) is 0 Å². The first-order valence-electron chi connectivity index (χ1n) is 7.42. The molecule has 2 aliphatic heterocycles. The number of benzene rings is 1. The van der Waals surface area contributed by atoms with Gasteiger partial charge in [-0.1, -0.05) is 11.6 Å². The molecule has 2 bridgehead atoms. The molecule has 1 aromatic carbocycles. The molecule has 0 spiro atoms. The third-order valence-electron chi connectivity index (χ3n) is 4.52. The number of hydrogen-bond donors (Lipinski definition) is 2. The van der Waals surface area contributed by atoms with Crippen LogP contribution in [0.2, 0.25) is 5.02 Å². The van der Waals surface area contributed by atoms with Crippen molar-refractivity contribution < 1.29 is 24.2 Å². The lowest BCUT2D eigenvalue weighted by molar-refractivity contribution is -0.158. The number of carboxylic acids is 1. The van der Waals surface area contributed by atoms with Crippen LogP contribution < -0.4 is 10.1 Å². The first-order chi connectivity index (χ1) is 10.9. The van der Waals surface area contributed by atoms with Gasteiger partial charge in [-0.2, -0.15) is 0 Å². The molecule has 1 amide bonds. The van der Waals surface area contributed by atoms with E-state index in [1.165, 1.54) is 0 Å². The Balaban J connectivity index is 1.45. The van der Waals surface area contributed by atoms with E-state index in [0.29, 0.717) is 23.9 Å². The molecule has 1 aliphatic carbocycles. The van der Waals surface area contributed by atoms with Crippen LogP contribution in [0, 0.1) is 12.3 Å². The summed E-state index contributed by atoms with van der Waals surface area (Å²) in [7, 11) is 0. The standard InChI is InChI=1S/C16H18ClNO5/c1-10-6-11(17)2-3-12(10)22-5-4-18-13(19)16-7-15(8-16,9-23-16)14(20)21/h2-3,6H,4-5,7-9H2,1H3,(H,18,19)(H,20,21). The summed E-state index contributed by atoms with van der Waals surface area (Å²) in [6.07, 6.45) is 0.497. The van der Waals surface area contributed by atoms with Gasteiger partial charge in [-0.15, -0.1) is 0 Å². The van der Waals surface area contributed by atoms with E-state index in [2.05, 4.69) is 5.32 Å². The summed E-state index contributed by atoms with van der Waals surface area (Å²) >= 11 is 5.88. The van der Waals surface area contributed by atoms with Gasteiger partial charge in [0.15, 0.2) is 0 Å². The summed E-state index contributed by atoms with van der Waals surface area (Å²) in [4.78, 5) is 23.3. The second-order valence-electron chi connectivity index (χ2n) is 6.24. The molecule has 0 aromatic heterocycles. The molecule has 4 rings (SSSR count). The lowest BCUT2D eigenvalue weighted by Gasteiger charge is -2.40. The maximum absolute atomic E-state index is 12.2. The lowest BCUT2D eigenvalue weighted by atomic mass is 9.62. The highest BCUT2D eigenvalue weighted by Crippen LogP contribution is 2.58. The van der Waals surface area contributed by atoms with E-state index in [-0.39, 0.29) is 25.4 Å². The summed E-state index contributed by atoms with van der Waals surface area (Å²) < 4.78 is 11.0. The molecule has 7 heteroatoms. The molecule has 2 heterocycles. The average molecular weight is 340 g/mol. The lowest BCUT2D eigenvalue weighted by Crippen LogP contribution is -2.57. The maximum Gasteiger partial charge on any atom is 0.312 e. The molecule has 23 heavy (non-hydrogen) atoms. The normalized spacial score (nSPS) is 28.1. The number of carbonyl (C=O) groups excluding carboxylic acids is 1. The fraction of sp³-hybridized carbons (Fsp3) is 0.500. The Labute approximate surface area is 138 Å². The Morgan fingerprint density at radius 2 is 2.17 bits per heavy atom. The molecule has 3 fully saturated rings. The van der Waals surface area contributed by atoms with Crippen molar-refractivity contribution in [3.05, 3.63) is 28.8 Å². The number of hydrogen-bond acceptors (Lipinski definition) is 4. The number of carbonyl (C=O) groups is 2. The van der Waals surface area contributed by atoms with Gasteiger partial charge in [0.25, 0.3) is 5.91 Å². The van der Waals surface area contributed by atoms with Crippen LogP contribution in [0.3, 0.4) is 0 Å². The number of amides is 1. The molecule has 6 nitrogen and oxygen atoms in total. The molecule has 1 aromatic rings. The summed E-state index contributed by atoms with van der Waals surface area (Å²) in [6, 6.07) is 5.33. The molecule has 1 saturated carbocycles. The zero-order valence-corrected chi connectivity index (χ0v) is 13.5. The Hall–Kier alpha value is -1.79. The van der Waals surface area contributed by atoms with Gasteiger partial charge in [-0.25, -0.2) is 0 Å². The van der Waals surface area contributed by atoms with E-state index in [1.807, 2.05) is 6.92 Å². The van der Waals surface area contributed by atoms with Gasteiger partial charge in [-0.3, -0.25) is 9.59 Å². The van der Waals surface area contributed by atoms with E-state index < -0.39 is 17.0 Å². The number of rotatable bonds is 6. The highest BCUT2D eigenvalue weighted by Gasteiger charge is 2.70. The number of halogens is 1. The number of ether oxygens (including phenoxy) is 2. The third-order valence-corrected chi connectivity index (χ3v) is 4.76. The van der Waals surface area contributed by atoms with Crippen molar-refractivity contribution >= 4 is 23.5 Å². The van der Waals surface area contributed by atoms with Crippen LogP contribution in [0.1, 0.15) is 18.4 Å². The predicted molar refractivity (Wildman–Crippen MR) is 82.7 cm³/mol. The van der Waals surface area contributed by atoms with Crippen molar-refractivity contribution in [1.29, 1.82) is 0 Å². The van der Waals surface area contributed by atoms with E-state index >= 15 is 0 Å². The first kappa shape index (κ1) is 16.1. The SMILES string of the molecule is Cc1cc(Cl)ccc1OCCNC(=O)C12CC(C(=O)O)(CO1)C2. The van der Waals surface area contributed by atoms with E-state index in [4.69, 9.17) is 26.2 Å². The van der Waals surface area contributed by atoms with Crippen LogP contribution in [-0.4, -0.2) is 42.3 Å². The molecular formula is C16H18ClNO5. The minimum Gasteiger partial charge on any atom is -0.491 e. The summed E-state index contributed by atoms with van der Waals surface area (Å²) in [5.41, 5.74) is -0.908. The molecule has 2 N–H and O–H groups in total. The van der Waals surface area contributed by atoms with Crippen molar-refractivity contribution in [3.8, 4) is 5.75 Å². The van der Waals surface area contributed by atoms with Crippen molar-refractivity contribution in [2.75, 3.05) is 19.8 Å². The fourth-order valence-corrected chi connectivity index (χ4v) is 3.45. The van der Waals surface area contributed by atoms with Crippen LogP contribution in [0.25, 0.3) is 0 Å². The van der Waals surface area contributed by atoms with Crippen LogP contribution in [0.5, 0.6) is 5.75 Å². The first-order valence-corrected chi connectivity index (χ1v) is 7.79. The summed E-state index contributed by atoms with van der Waals surface area (Å²) in [6.45, 7) is 2.64. The molecule has 124 valence electrons. The topological polar surface area (TPSA) is 84.9 Å². The summed E-state index contributed by atoms with van der Waals surface area (Å²) in [5, 5.41) is 12.5. The van der Waals surface area contributed by atoms with Crippen LogP contribution in [0.4, 0.5) is 0 Å². The second-order valence-corrected chi connectivity index (χ2v) is 6.67. The van der Waals surface area contributed by atoms with Gasteiger partial charge in [0.2, 0.25) is 0 Å². The second kappa shape index (κ2) is 5.69. The van der Waals surface area contributed by atoms with E-state index in [0.717, 1.165) is 5.56 Å². The molecule has 0 radical (unpaired) electrons. The van der Waals surface area contributed by atoms with Gasteiger partial charge in [0.05, 0.1) is 18.6 Å². The third kappa shape index (κ3) is 2.77. The van der Waals surface area contributed by atoms with Gasteiger partial charge < -0.3 is 19.9 Å². The maximum atomic E-state index is 12.2.